The molecule has 0 N–H and O–H groups in total. The van der Waals surface area contributed by atoms with Crippen LogP contribution in [0.25, 0.3) is 0 Å². The van der Waals surface area contributed by atoms with E-state index >= 15 is 0 Å². The van der Waals surface area contributed by atoms with Crippen LogP contribution in [-0.2, 0) is 10.2 Å². The molecule has 2 aliphatic rings. The Hall–Kier alpha value is -0.0800. The van der Waals surface area contributed by atoms with Gasteiger partial charge in [0.05, 0.1) is 0 Å². The lowest BCUT2D eigenvalue weighted by Crippen LogP contribution is -2.35. The first kappa shape index (κ1) is 10.4. The van der Waals surface area contributed by atoms with E-state index in [1.807, 2.05) is 0 Å². The largest absolute Gasteiger partial charge is 0.230 e. The predicted octanol–water partition coefficient (Wildman–Crippen LogP) is 2.97. The van der Waals surface area contributed by atoms with Gasteiger partial charge in [-0.2, -0.15) is 0 Å². The molecule has 0 saturated heterocycles. The standard InChI is InChI=1S/C12H20O2/c13-11(9-5-1-2-6-9)12(14)10-7-3-4-8-10/h9-12H,1-8H2. The fraction of sp³-hybridized carbons (Fsp3) is 1.00. The van der Waals surface area contributed by atoms with Gasteiger partial charge in [0.15, 0.2) is 0 Å². The Morgan fingerprint density at radius 3 is 1.21 bits per heavy atom. The van der Waals surface area contributed by atoms with Crippen LogP contribution in [0.5, 0.6) is 0 Å². The molecule has 0 aliphatic heterocycles. The maximum atomic E-state index is 11.9. The molecule has 0 spiro atoms. The summed E-state index contributed by atoms with van der Waals surface area (Å²) < 4.78 is 0. The highest BCUT2D eigenvalue weighted by molar-refractivity contribution is 4.85. The monoisotopic (exact) mass is 196 g/mol. The molecular formula is C12H20O2. The van der Waals surface area contributed by atoms with Gasteiger partial charge in [-0.25, -0.2) is 10.2 Å². The average molecular weight is 196 g/mol. The molecule has 14 heavy (non-hydrogen) atoms. The van der Waals surface area contributed by atoms with E-state index in [2.05, 4.69) is 0 Å². The quantitative estimate of drug-likeness (QED) is 0.666. The van der Waals surface area contributed by atoms with Gasteiger partial charge in [0.25, 0.3) is 0 Å². The summed E-state index contributed by atoms with van der Waals surface area (Å²) in [7, 11) is 0. The van der Waals surface area contributed by atoms with Gasteiger partial charge in [0.2, 0.25) is 0 Å². The van der Waals surface area contributed by atoms with Gasteiger partial charge < -0.3 is 0 Å². The van der Waals surface area contributed by atoms with E-state index < -0.39 is 12.2 Å². The van der Waals surface area contributed by atoms with E-state index in [1.54, 1.807) is 0 Å². The smallest absolute Gasteiger partial charge is 0.125 e. The second-order valence-electron chi connectivity index (χ2n) is 5.02. The molecule has 0 amide bonds. The Kier molecular flexibility index (Phi) is 3.45. The lowest BCUT2D eigenvalue weighted by molar-refractivity contribution is -0.112. The predicted molar refractivity (Wildman–Crippen MR) is 52.9 cm³/mol. The fourth-order valence-corrected chi connectivity index (χ4v) is 3.11. The van der Waals surface area contributed by atoms with Crippen molar-refractivity contribution in [2.45, 2.75) is 63.6 Å². The Balaban J connectivity index is 1.85. The zero-order valence-corrected chi connectivity index (χ0v) is 8.78. The van der Waals surface area contributed by atoms with Crippen LogP contribution in [-0.4, -0.2) is 12.2 Å². The molecule has 0 aromatic carbocycles. The summed E-state index contributed by atoms with van der Waals surface area (Å²) in [5.74, 6) is 0.413. The Bertz CT molecular complexity index is 149. The molecule has 2 atom stereocenters. The summed E-state index contributed by atoms with van der Waals surface area (Å²) in [6, 6.07) is 0. The summed E-state index contributed by atoms with van der Waals surface area (Å²) >= 11 is 0. The third kappa shape index (κ3) is 2.12. The zero-order chi connectivity index (χ0) is 9.97. The topological polar surface area (TPSA) is 39.8 Å². The maximum absolute atomic E-state index is 11.9. The maximum Gasteiger partial charge on any atom is 0.125 e. The van der Waals surface area contributed by atoms with Crippen molar-refractivity contribution in [1.29, 1.82) is 0 Å². The minimum Gasteiger partial charge on any atom is -0.230 e. The highest BCUT2D eigenvalue weighted by atomic mass is 16.3. The van der Waals surface area contributed by atoms with E-state index in [1.165, 1.54) is 25.7 Å². The van der Waals surface area contributed by atoms with Gasteiger partial charge in [0.1, 0.15) is 12.2 Å². The molecule has 2 saturated carbocycles. The van der Waals surface area contributed by atoms with Gasteiger partial charge in [-0.15, -0.1) is 0 Å². The van der Waals surface area contributed by atoms with E-state index in [-0.39, 0.29) is 11.8 Å². The van der Waals surface area contributed by atoms with Crippen molar-refractivity contribution in [3.63, 3.8) is 0 Å². The van der Waals surface area contributed by atoms with Crippen LogP contribution < -0.4 is 0 Å². The third-order valence-corrected chi connectivity index (χ3v) is 4.05. The normalized spacial score (nSPS) is 29.6. The molecule has 2 unspecified atom stereocenters. The Morgan fingerprint density at radius 1 is 0.643 bits per heavy atom. The molecule has 2 nitrogen and oxygen atoms in total. The SMILES string of the molecule is [O]C(C1CCCC1)C([O])C1CCCC1. The summed E-state index contributed by atoms with van der Waals surface area (Å²) in [6.45, 7) is 0. The summed E-state index contributed by atoms with van der Waals surface area (Å²) in [5, 5.41) is 23.8. The molecule has 2 fully saturated rings. The van der Waals surface area contributed by atoms with Crippen LogP contribution in [0.15, 0.2) is 0 Å². The van der Waals surface area contributed by atoms with Crippen molar-refractivity contribution in [3.05, 3.63) is 0 Å². The summed E-state index contributed by atoms with van der Waals surface area (Å²) in [4.78, 5) is 0. The van der Waals surface area contributed by atoms with Crippen LogP contribution >= 0.6 is 0 Å². The molecule has 0 heterocycles. The molecular weight excluding hydrogens is 176 g/mol. The van der Waals surface area contributed by atoms with Crippen molar-refractivity contribution >= 4 is 0 Å². The first-order valence-corrected chi connectivity index (χ1v) is 6.10. The molecule has 2 aliphatic carbocycles. The first-order valence-electron chi connectivity index (χ1n) is 6.10. The van der Waals surface area contributed by atoms with Gasteiger partial charge in [-0.1, -0.05) is 25.7 Å². The number of hydrogen-bond donors (Lipinski definition) is 0. The highest BCUT2D eigenvalue weighted by Gasteiger charge is 2.36. The molecule has 80 valence electrons. The minimum atomic E-state index is -0.805. The van der Waals surface area contributed by atoms with Crippen LogP contribution in [0.4, 0.5) is 0 Å². The molecule has 0 aromatic rings. The van der Waals surface area contributed by atoms with Crippen LogP contribution in [0.1, 0.15) is 51.4 Å². The van der Waals surface area contributed by atoms with E-state index in [0.717, 1.165) is 25.7 Å². The van der Waals surface area contributed by atoms with E-state index in [9.17, 15) is 10.2 Å². The van der Waals surface area contributed by atoms with Gasteiger partial charge in [0, 0.05) is 0 Å². The van der Waals surface area contributed by atoms with Crippen LogP contribution in [0.3, 0.4) is 0 Å². The van der Waals surface area contributed by atoms with E-state index in [0.29, 0.717) is 0 Å². The van der Waals surface area contributed by atoms with Crippen molar-refractivity contribution in [2.75, 3.05) is 0 Å². The molecule has 2 radical (unpaired) electrons. The summed E-state index contributed by atoms with van der Waals surface area (Å²) in [6.07, 6.45) is 7.11. The summed E-state index contributed by atoms with van der Waals surface area (Å²) in [5.41, 5.74) is 0. The average Bonchev–Trinajstić information content (AvgIpc) is 2.87. The minimum absolute atomic E-state index is 0.207. The fourth-order valence-electron chi connectivity index (χ4n) is 3.11. The second-order valence-corrected chi connectivity index (χ2v) is 5.02. The molecule has 0 aromatic heterocycles. The second kappa shape index (κ2) is 4.63. The molecule has 2 rings (SSSR count). The first-order chi connectivity index (χ1) is 6.79. The Morgan fingerprint density at radius 2 is 0.929 bits per heavy atom. The van der Waals surface area contributed by atoms with Crippen molar-refractivity contribution in [2.24, 2.45) is 11.8 Å². The lowest BCUT2D eigenvalue weighted by Gasteiger charge is -2.23. The lowest BCUT2D eigenvalue weighted by atomic mass is 9.88. The Labute approximate surface area is 86.3 Å². The van der Waals surface area contributed by atoms with Gasteiger partial charge in [-0.05, 0) is 37.5 Å². The van der Waals surface area contributed by atoms with Crippen molar-refractivity contribution in [1.82, 2.24) is 0 Å². The van der Waals surface area contributed by atoms with Gasteiger partial charge in [-0.3, -0.25) is 0 Å². The van der Waals surface area contributed by atoms with Crippen LogP contribution in [0.2, 0.25) is 0 Å². The van der Waals surface area contributed by atoms with E-state index in [4.69, 9.17) is 0 Å². The third-order valence-electron chi connectivity index (χ3n) is 4.05. The molecule has 2 heteroatoms. The van der Waals surface area contributed by atoms with Crippen molar-refractivity contribution in [3.8, 4) is 0 Å². The van der Waals surface area contributed by atoms with Gasteiger partial charge >= 0.3 is 0 Å². The number of rotatable bonds is 3. The number of hydrogen-bond acceptors (Lipinski definition) is 0. The zero-order valence-electron chi connectivity index (χ0n) is 8.78. The molecule has 0 bridgehead atoms. The highest BCUT2D eigenvalue weighted by Crippen LogP contribution is 2.35. The van der Waals surface area contributed by atoms with Crippen molar-refractivity contribution < 1.29 is 10.2 Å². The van der Waals surface area contributed by atoms with Crippen LogP contribution in [0, 0.1) is 11.8 Å².